The van der Waals surface area contributed by atoms with Gasteiger partial charge in [0.05, 0.1) is 6.61 Å². The molecule has 1 fully saturated rings. The highest BCUT2D eigenvalue weighted by molar-refractivity contribution is 5.79. The summed E-state index contributed by atoms with van der Waals surface area (Å²) >= 11 is 0. The predicted molar refractivity (Wildman–Crippen MR) is 115 cm³/mol. The first-order chi connectivity index (χ1) is 15.0. The number of hydrogen-bond acceptors (Lipinski definition) is 5. The molecular weight excluding hydrogens is 394 g/mol. The molecule has 0 N–H and O–H groups in total. The summed E-state index contributed by atoms with van der Waals surface area (Å²) < 4.78 is 22.7. The molecule has 2 aromatic rings. The summed E-state index contributed by atoms with van der Waals surface area (Å²) in [5.41, 5.74) is 3.67. The summed E-state index contributed by atoms with van der Waals surface area (Å²) in [6.45, 7) is 5.57. The molecule has 0 saturated carbocycles. The molecule has 5 rings (SSSR count). The van der Waals surface area contributed by atoms with Gasteiger partial charge in [-0.2, -0.15) is 0 Å². The van der Waals surface area contributed by atoms with E-state index in [1.54, 1.807) is 0 Å². The quantitative estimate of drug-likeness (QED) is 0.734. The maximum atomic E-state index is 13.7. The van der Waals surface area contributed by atoms with Crippen LogP contribution in [0.2, 0.25) is 0 Å². The van der Waals surface area contributed by atoms with Crippen molar-refractivity contribution >= 4 is 5.91 Å². The van der Waals surface area contributed by atoms with E-state index in [-0.39, 0.29) is 24.7 Å². The second kappa shape index (κ2) is 8.17. The molecule has 0 unspecified atom stereocenters. The lowest BCUT2D eigenvalue weighted by Crippen LogP contribution is -2.43. The van der Waals surface area contributed by atoms with E-state index in [2.05, 4.69) is 24.3 Å². The number of ether oxygens (including phenoxy) is 4. The van der Waals surface area contributed by atoms with Crippen LogP contribution < -0.4 is 9.47 Å². The minimum absolute atomic E-state index is 0.0146. The third kappa shape index (κ3) is 4.41. The van der Waals surface area contributed by atoms with Crippen LogP contribution in [0, 0.1) is 5.92 Å². The van der Waals surface area contributed by atoms with Gasteiger partial charge in [-0.3, -0.25) is 4.79 Å². The maximum Gasteiger partial charge on any atom is 0.231 e. The van der Waals surface area contributed by atoms with Crippen LogP contribution in [-0.2, 0) is 33.7 Å². The van der Waals surface area contributed by atoms with E-state index >= 15 is 0 Å². The lowest BCUT2D eigenvalue weighted by Gasteiger charge is -2.32. The van der Waals surface area contributed by atoms with Crippen molar-refractivity contribution in [3.05, 3.63) is 59.2 Å². The molecule has 2 aliphatic heterocycles. The van der Waals surface area contributed by atoms with Gasteiger partial charge in [-0.1, -0.05) is 30.3 Å². The third-order valence-corrected chi connectivity index (χ3v) is 6.31. The Balaban J connectivity index is 1.35. The zero-order chi connectivity index (χ0) is 21.4. The highest BCUT2D eigenvalue weighted by atomic mass is 16.7. The number of hydrogen-bond donors (Lipinski definition) is 0. The van der Waals surface area contributed by atoms with Gasteiger partial charge in [0, 0.05) is 19.0 Å². The van der Waals surface area contributed by atoms with Crippen LogP contribution in [0.3, 0.4) is 0 Å². The number of rotatable bonds is 5. The highest BCUT2D eigenvalue weighted by Crippen LogP contribution is 2.34. The molecule has 6 nitrogen and oxygen atoms in total. The van der Waals surface area contributed by atoms with Crippen molar-refractivity contribution < 1.29 is 23.7 Å². The molecule has 0 spiro atoms. The van der Waals surface area contributed by atoms with Crippen LogP contribution in [0.25, 0.3) is 0 Å². The Labute approximate surface area is 183 Å². The normalized spacial score (nSPS) is 23.4. The molecule has 6 heteroatoms. The van der Waals surface area contributed by atoms with Crippen molar-refractivity contribution in [1.82, 2.24) is 4.90 Å². The van der Waals surface area contributed by atoms with Crippen LogP contribution >= 0.6 is 0 Å². The minimum Gasteiger partial charge on any atom is -0.454 e. The number of carbonyl (C=O) groups is 1. The maximum absolute atomic E-state index is 13.7. The van der Waals surface area contributed by atoms with E-state index in [1.165, 1.54) is 11.1 Å². The Hall–Kier alpha value is -2.57. The van der Waals surface area contributed by atoms with Crippen molar-refractivity contribution in [2.45, 2.75) is 51.5 Å². The van der Waals surface area contributed by atoms with Crippen molar-refractivity contribution in [2.24, 2.45) is 5.92 Å². The van der Waals surface area contributed by atoms with Gasteiger partial charge in [-0.15, -0.1) is 0 Å². The molecule has 1 saturated heterocycles. The molecule has 1 amide bonds. The first kappa shape index (κ1) is 20.3. The smallest absolute Gasteiger partial charge is 0.231 e. The fourth-order valence-corrected chi connectivity index (χ4v) is 4.76. The first-order valence-corrected chi connectivity index (χ1v) is 11.0. The van der Waals surface area contributed by atoms with Gasteiger partial charge < -0.3 is 23.8 Å². The monoisotopic (exact) mass is 423 g/mol. The number of benzene rings is 2. The summed E-state index contributed by atoms with van der Waals surface area (Å²) in [6.07, 6.45) is 2.48. The number of amides is 1. The molecule has 164 valence electrons. The Morgan fingerprint density at radius 3 is 2.71 bits per heavy atom. The van der Waals surface area contributed by atoms with E-state index < -0.39 is 5.79 Å². The fraction of sp³-hybridized carbons (Fsp3) is 0.480. The van der Waals surface area contributed by atoms with Crippen LogP contribution in [0.1, 0.15) is 37.0 Å². The zero-order valence-electron chi connectivity index (χ0n) is 18.1. The van der Waals surface area contributed by atoms with Crippen molar-refractivity contribution in [1.29, 1.82) is 0 Å². The summed E-state index contributed by atoms with van der Waals surface area (Å²) in [7, 11) is 0. The molecule has 2 heterocycles. The lowest BCUT2D eigenvalue weighted by molar-refractivity contribution is -0.149. The van der Waals surface area contributed by atoms with Gasteiger partial charge in [-0.25, -0.2) is 0 Å². The highest BCUT2D eigenvalue weighted by Gasteiger charge is 2.36. The van der Waals surface area contributed by atoms with E-state index in [0.717, 1.165) is 36.3 Å². The summed E-state index contributed by atoms with van der Waals surface area (Å²) in [6, 6.07) is 14.3. The Bertz CT molecular complexity index is 972. The second-order valence-corrected chi connectivity index (χ2v) is 9.07. The van der Waals surface area contributed by atoms with Gasteiger partial charge in [0.15, 0.2) is 17.3 Å². The van der Waals surface area contributed by atoms with Crippen LogP contribution in [0.5, 0.6) is 11.5 Å². The van der Waals surface area contributed by atoms with Crippen LogP contribution in [0.4, 0.5) is 0 Å². The molecule has 31 heavy (non-hydrogen) atoms. The molecular formula is C25H29NO5. The van der Waals surface area contributed by atoms with E-state index in [1.807, 2.05) is 36.9 Å². The molecule has 0 radical (unpaired) electrons. The molecule has 0 bridgehead atoms. The van der Waals surface area contributed by atoms with Gasteiger partial charge in [0.2, 0.25) is 12.7 Å². The predicted octanol–water partition coefficient (Wildman–Crippen LogP) is 3.70. The molecule has 0 aromatic heterocycles. The van der Waals surface area contributed by atoms with Gasteiger partial charge in [-0.05, 0) is 61.9 Å². The second-order valence-electron chi connectivity index (χ2n) is 9.07. The molecule has 3 aliphatic rings. The third-order valence-electron chi connectivity index (χ3n) is 6.31. The Kier molecular flexibility index (Phi) is 5.36. The molecule has 2 aromatic carbocycles. The van der Waals surface area contributed by atoms with Crippen molar-refractivity contribution in [2.75, 3.05) is 19.9 Å². The minimum atomic E-state index is -0.609. The summed E-state index contributed by atoms with van der Waals surface area (Å²) in [4.78, 5) is 15.6. The van der Waals surface area contributed by atoms with E-state index in [9.17, 15) is 4.79 Å². The van der Waals surface area contributed by atoms with Crippen molar-refractivity contribution in [3.63, 3.8) is 0 Å². The standard InChI is InChI=1S/C25H29NO5/c1-25(2)30-15-21(31-25)14-26(13-17-7-10-22-23(11-17)29-16-28-22)24(27)20-9-8-18-5-3-4-6-19(18)12-20/h3-7,10-11,20-21H,8-9,12-16H2,1-2H3/t20-,21+/m0/s1. The molecule has 1 aliphatic carbocycles. The van der Waals surface area contributed by atoms with Crippen LogP contribution in [0.15, 0.2) is 42.5 Å². The lowest BCUT2D eigenvalue weighted by atomic mass is 9.83. The number of fused-ring (bicyclic) bond motifs is 2. The Morgan fingerprint density at radius 1 is 1.10 bits per heavy atom. The number of aryl methyl sites for hydroxylation is 1. The summed E-state index contributed by atoms with van der Waals surface area (Å²) in [5, 5.41) is 0. The largest absolute Gasteiger partial charge is 0.454 e. The molecule has 2 atom stereocenters. The van der Waals surface area contributed by atoms with Crippen LogP contribution in [-0.4, -0.2) is 42.6 Å². The zero-order valence-corrected chi connectivity index (χ0v) is 18.1. The number of nitrogens with zero attached hydrogens (tertiary/aromatic N) is 1. The van der Waals surface area contributed by atoms with Crippen molar-refractivity contribution in [3.8, 4) is 11.5 Å². The number of carbonyl (C=O) groups excluding carboxylic acids is 1. The van der Waals surface area contributed by atoms with E-state index in [4.69, 9.17) is 18.9 Å². The Morgan fingerprint density at radius 2 is 1.90 bits per heavy atom. The van der Waals surface area contributed by atoms with Gasteiger partial charge in [0.25, 0.3) is 0 Å². The summed E-state index contributed by atoms with van der Waals surface area (Å²) in [5.74, 6) is 1.04. The van der Waals surface area contributed by atoms with Gasteiger partial charge in [0.1, 0.15) is 6.10 Å². The SMILES string of the molecule is CC1(C)OC[C@@H](CN(Cc2ccc3c(c2)OCO3)C(=O)[C@H]2CCc3ccccc3C2)O1. The van der Waals surface area contributed by atoms with Gasteiger partial charge >= 0.3 is 0 Å². The average Bonchev–Trinajstić information content (AvgIpc) is 3.37. The fourth-order valence-electron chi connectivity index (χ4n) is 4.76. The average molecular weight is 424 g/mol. The first-order valence-electron chi connectivity index (χ1n) is 11.0. The van der Waals surface area contributed by atoms with E-state index in [0.29, 0.717) is 19.7 Å². The topological polar surface area (TPSA) is 57.2 Å².